The van der Waals surface area contributed by atoms with E-state index < -0.39 is 0 Å². The van der Waals surface area contributed by atoms with Crippen molar-refractivity contribution < 1.29 is 9.53 Å². The quantitative estimate of drug-likeness (QED) is 0.698. The molecule has 2 rings (SSSR count). The zero-order chi connectivity index (χ0) is 17.9. The van der Waals surface area contributed by atoms with E-state index in [9.17, 15) is 4.79 Å². The van der Waals surface area contributed by atoms with Gasteiger partial charge in [0.25, 0.3) is 0 Å². The van der Waals surface area contributed by atoms with Gasteiger partial charge in [0, 0.05) is 26.2 Å². The average Bonchev–Trinajstić information content (AvgIpc) is 2.67. The fraction of sp³-hybridized carbons (Fsp3) is 0.650. The highest BCUT2D eigenvalue weighted by Gasteiger charge is 2.23. The third-order valence-electron chi connectivity index (χ3n) is 5.01. The highest BCUT2D eigenvalue weighted by Crippen LogP contribution is 2.17. The van der Waals surface area contributed by atoms with Crippen LogP contribution in [0.25, 0.3) is 0 Å². The number of ether oxygens (including phenoxy) is 1. The zero-order valence-corrected chi connectivity index (χ0v) is 15.7. The van der Waals surface area contributed by atoms with Crippen molar-refractivity contribution in [2.45, 2.75) is 33.3 Å². The normalized spacial score (nSPS) is 15.6. The predicted molar refractivity (Wildman–Crippen MR) is 102 cm³/mol. The Bertz CT molecular complexity index is 483. The van der Waals surface area contributed by atoms with Crippen LogP contribution in [0.3, 0.4) is 0 Å². The van der Waals surface area contributed by atoms with E-state index in [2.05, 4.69) is 24.1 Å². The Hall–Kier alpha value is -1.59. The van der Waals surface area contributed by atoms with Crippen LogP contribution in [0.2, 0.25) is 0 Å². The molecule has 1 amide bonds. The number of carbonyl (C=O) groups is 1. The Balaban J connectivity index is 1.58. The Kier molecular flexibility index (Phi) is 8.77. The molecule has 0 radical (unpaired) electrons. The number of amides is 1. The van der Waals surface area contributed by atoms with Gasteiger partial charge in [0.05, 0.1) is 0 Å². The molecule has 1 aliphatic heterocycles. The van der Waals surface area contributed by atoms with Gasteiger partial charge in [-0.1, -0.05) is 44.2 Å². The second-order valence-electron chi connectivity index (χ2n) is 6.70. The number of likely N-dealkylation sites (tertiary alicyclic amines) is 1. The van der Waals surface area contributed by atoms with Crippen molar-refractivity contribution in [2.75, 3.05) is 45.8 Å². The van der Waals surface area contributed by atoms with Gasteiger partial charge < -0.3 is 19.9 Å². The summed E-state index contributed by atoms with van der Waals surface area (Å²) in [5, 5.41) is 3.57. The number of likely N-dealkylation sites (N-methyl/N-ethyl adjacent to an activating group) is 1. The van der Waals surface area contributed by atoms with Crippen molar-refractivity contribution in [3.8, 4) is 0 Å². The number of piperidine rings is 1. The van der Waals surface area contributed by atoms with Gasteiger partial charge in [0.2, 0.25) is 0 Å². The van der Waals surface area contributed by atoms with Crippen molar-refractivity contribution in [3.63, 3.8) is 0 Å². The summed E-state index contributed by atoms with van der Waals surface area (Å²) in [7, 11) is 0. The van der Waals surface area contributed by atoms with Gasteiger partial charge >= 0.3 is 6.09 Å². The molecule has 25 heavy (non-hydrogen) atoms. The maximum atomic E-state index is 12.2. The minimum absolute atomic E-state index is 0.184. The van der Waals surface area contributed by atoms with Crippen LogP contribution in [0.4, 0.5) is 4.79 Å². The molecule has 1 aromatic rings. The Morgan fingerprint density at radius 2 is 1.88 bits per heavy atom. The SMILES string of the molecule is CCN(CC)CCNCC1CCN(C(=O)OCc2ccccc2)CC1. The number of benzene rings is 1. The van der Waals surface area contributed by atoms with Gasteiger partial charge in [-0.05, 0) is 44.0 Å². The van der Waals surface area contributed by atoms with E-state index >= 15 is 0 Å². The maximum absolute atomic E-state index is 12.2. The predicted octanol–water partition coefficient (Wildman–Crippen LogP) is 2.97. The molecule has 0 aliphatic carbocycles. The van der Waals surface area contributed by atoms with Crippen LogP contribution in [-0.2, 0) is 11.3 Å². The van der Waals surface area contributed by atoms with Gasteiger partial charge in [0.15, 0.2) is 0 Å². The van der Waals surface area contributed by atoms with Crippen LogP contribution in [0.1, 0.15) is 32.3 Å². The van der Waals surface area contributed by atoms with E-state index in [-0.39, 0.29) is 6.09 Å². The molecule has 0 aromatic heterocycles. The highest BCUT2D eigenvalue weighted by molar-refractivity contribution is 5.67. The lowest BCUT2D eigenvalue weighted by Gasteiger charge is -2.31. The van der Waals surface area contributed by atoms with Crippen LogP contribution in [-0.4, -0.2) is 61.7 Å². The smallest absolute Gasteiger partial charge is 0.410 e. The van der Waals surface area contributed by atoms with Gasteiger partial charge in [0.1, 0.15) is 6.61 Å². The topological polar surface area (TPSA) is 44.8 Å². The summed E-state index contributed by atoms with van der Waals surface area (Å²) in [4.78, 5) is 16.4. The number of hydrogen-bond acceptors (Lipinski definition) is 4. The minimum Gasteiger partial charge on any atom is -0.445 e. The molecule has 140 valence electrons. The Morgan fingerprint density at radius 1 is 1.20 bits per heavy atom. The van der Waals surface area contributed by atoms with Crippen molar-refractivity contribution in [3.05, 3.63) is 35.9 Å². The Morgan fingerprint density at radius 3 is 2.52 bits per heavy atom. The van der Waals surface area contributed by atoms with Crippen molar-refractivity contribution in [2.24, 2.45) is 5.92 Å². The van der Waals surface area contributed by atoms with Gasteiger partial charge in [-0.15, -0.1) is 0 Å². The summed E-state index contributed by atoms with van der Waals surface area (Å²) in [6, 6.07) is 9.84. The molecule has 0 atom stereocenters. The lowest BCUT2D eigenvalue weighted by molar-refractivity contribution is 0.0821. The largest absolute Gasteiger partial charge is 0.445 e. The summed E-state index contributed by atoms with van der Waals surface area (Å²) in [5.41, 5.74) is 1.03. The van der Waals surface area contributed by atoms with Crippen LogP contribution >= 0.6 is 0 Å². The first-order chi connectivity index (χ1) is 12.2. The molecule has 1 fully saturated rings. The van der Waals surface area contributed by atoms with Gasteiger partial charge in [-0.25, -0.2) is 4.79 Å². The van der Waals surface area contributed by atoms with Crippen LogP contribution in [0.15, 0.2) is 30.3 Å². The van der Waals surface area contributed by atoms with E-state index in [0.29, 0.717) is 12.5 Å². The first-order valence-corrected chi connectivity index (χ1v) is 9.61. The second-order valence-corrected chi connectivity index (χ2v) is 6.70. The molecule has 0 saturated carbocycles. The van der Waals surface area contributed by atoms with Gasteiger partial charge in [-0.2, -0.15) is 0 Å². The van der Waals surface area contributed by atoms with Crippen LogP contribution in [0.5, 0.6) is 0 Å². The molecule has 5 nitrogen and oxygen atoms in total. The molecule has 0 unspecified atom stereocenters. The van der Waals surface area contributed by atoms with E-state index in [1.807, 2.05) is 35.2 Å². The average molecular weight is 348 g/mol. The van der Waals surface area contributed by atoms with Crippen molar-refractivity contribution in [1.82, 2.24) is 15.1 Å². The minimum atomic E-state index is -0.184. The van der Waals surface area contributed by atoms with E-state index in [1.165, 1.54) is 0 Å². The molecular formula is C20H33N3O2. The summed E-state index contributed by atoms with van der Waals surface area (Å²) in [6.07, 6.45) is 1.93. The number of nitrogens with zero attached hydrogens (tertiary/aromatic N) is 2. The molecule has 1 N–H and O–H groups in total. The maximum Gasteiger partial charge on any atom is 0.410 e. The van der Waals surface area contributed by atoms with E-state index in [4.69, 9.17) is 4.74 Å². The third kappa shape index (κ3) is 7.04. The summed E-state index contributed by atoms with van der Waals surface area (Å²) < 4.78 is 5.42. The lowest BCUT2D eigenvalue weighted by Crippen LogP contribution is -2.41. The fourth-order valence-corrected chi connectivity index (χ4v) is 3.21. The van der Waals surface area contributed by atoms with Crippen molar-refractivity contribution >= 4 is 6.09 Å². The molecule has 5 heteroatoms. The number of hydrogen-bond donors (Lipinski definition) is 1. The van der Waals surface area contributed by atoms with E-state index in [0.717, 1.165) is 64.2 Å². The van der Waals surface area contributed by atoms with Crippen LogP contribution < -0.4 is 5.32 Å². The fourth-order valence-electron chi connectivity index (χ4n) is 3.21. The molecular weight excluding hydrogens is 314 g/mol. The summed E-state index contributed by atoms with van der Waals surface area (Å²) in [5.74, 6) is 0.662. The molecule has 0 bridgehead atoms. The summed E-state index contributed by atoms with van der Waals surface area (Å²) >= 11 is 0. The highest BCUT2D eigenvalue weighted by atomic mass is 16.6. The molecule has 1 aromatic carbocycles. The molecule has 0 spiro atoms. The standard InChI is InChI=1S/C20H33N3O2/c1-3-22(4-2)15-12-21-16-18-10-13-23(14-11-18)20(24)25-17-19-8-6-5-7-9-19/h5-9,18,21H,3-4,10-17H2,1-2H3. The number of rotatable bonds is 9. The monoisotopic (exact) mass is 347 g/mol. The number of carbonyl (C=O) groups excluding carboxylic acids is 1. The molecule has 1 aliphatic rings. The van der Waals surface area contributed by atoms with E-state index in [1.54, 1.807) is 0 Å². The first kappa shape index (κ1) is 19.7. The van der Waals surface area contributed by atoms with Gasteiger partial charge in [-0.3, -0.25) is 0 Å². The third-order valence-corrected chi connectivity index (χ3v) is 5.01. The summed E-state index contributed by atoms with van der Waals surface area (Å²) in [6.45, 7) is 11.8. The zero-order valence-electron chi connectivity index (χ0n) is 15.7. The van der Waals surface area contributed by atoms with Crippen LogP contribution in [0, 0.1) is 5.92 Å². The second kappa shape index (κ2) is 11.1. The Labute approximate surface area is 152 Å². The lowest BCUT2D eigenvalue weighted by atomic mass is 9.97. The molecule has 1 heterocycles. The first-order valence-electron chi connectivity index (χ1n) is 9.61. The molecule has 1 saturated heterocycles. The number of nitrogens with one attached hydrogen (secondary N) is 1. The van der Waals surface area contributed by atoms with Crippen molar-refractivity contribution in [1.29, 1.82) is 0 Å².